The Hall–Kier alpha value is -0.760. The molecule has 0 saturated heterocycles. The van der Waals surface area contributed by atoms with Crippen molar-refractivity contribution in [1.29, 1.82) is 0 Å². The Bertz CT molecular complexity index is 240. The van der Waals surface area contributed by atoms with E-state index in [4.69, 9.17) is 16.3 Å². The fourth-order valence-corrected chi connectivity index (χ4v) is 0.973. The van der Waals surface area contributed by atoms with Gasteiger partial charge in [0.2, 0.25) is 0 Å². The van der Waals surface area contributed by atoms with Crippen LogP contribution >= 0.6 is 11.6 Å². The molecule has 0 radical (unpaired) electrons. The lowest BCUT2D eigenvalue weighted by Gasteiger charge is -2.03. The average Bonchev–Trinajstić information content (AvgIpc) is 2.05. The highest BCUT2D eigenvalue weighted by Gasteiger charge is 1.94. The highest BCUT2D eigenvalue weighted by atomic mass is 35.5. The minimum Gasteiger partial charge on any atom is -0.493 e. The number of halogens is 1. The van der Waals surface area contributed by atoms with Gasteiger partial charge in [0, 0.05) is 12.3 Å². The summed E-state index contributed by atoms with van der Waals surface area (Å²) in [7, 11) is 0. The van der Waals surface area contributed by atoms with Crippen molar-refractivity contribution in [3.05, 3.63) is 23.5 Å². The van der Waals surface area contributed by atoms with Crippen molar-refractivity contribution in [3.63, 3.8) is 0 Å². The highest BCUT2D eigenvalue weighted by molar-refractivity contribution is 6.29. The molecule has 0 amide bonds. The zero-order chi connectivity index (χ0) is 8.81. The third-order valence-corrected chi connectivity index (χ3v) is 1.67. The Balaban J connectivity index is 2.41. The molecule has 0 spiro atoms. The van der Waals surface area contributed by atoms with Crippen LogP contribution in [0.25, 0.3) is 0 Å². The molecule has 1 aromatic rings. The fraction of sp³-hybridized carbons (Fsp3) is 0.444. The summed E-state index contributed by atoms with van der Waals surface area (Å²) in [5.41, 5.74) is 0. The number of rotatable bonds is 4. The molecule has 3 heteroatoms. The van der Waals surface area contributed by atoms with Crippen LogP contribution in [0.3, 0.4) is 0 Å². The Kier molecular flexibility index (Phi) is 3.88. The summed E-state index contributed by atoms with van der Waals surface area (Å²) in [6.45, 7) is 2.87. The molecule has 12 heavy (non-hydrogen) atoms. The maximum Gasteiger partial charge on any atom is 0.132 e. The van der Waals surface area contributed by atoms with E-state index in [0.717, 1.165) is 25.2 Å². The van der Waals surface area contributed by atoms with Gasteiger partial charge in [-0.3, -0.25) is 0 Å². The van der Waals surface area contributed by atoms with Crippen LogP contribution in [-0.2, 0) is 0 Å². The van der Waals surface area contributed by atoms with E-state index in [2.05, 4.69) is 11.9 Å². The van der Waals surface area contributed by atoms with Gasteiger partial charge in [-0.05, 0) is 12.5 Å². The lowest BCUT2D eigenvalue weighted by atomic mass is 10.3. The van der Waals surface area contributed by atoms with E-state index in [0.29, 0.717) is 5.15 Å². The summed E-state index contributed by atoms with van der Waals surface area (Å²) in [6, 6.07) is 3.53. The number of unbranched alkanes of at least 4 members (excludes halogenated alkanes) is 1. The fourth-order valence-electron chi connectivity index (χ4n) is 0.809. The van der Waals surface area contributed by atoms with Crippen molar-refractivity contribution in [2.75, 3.05) is 6.61 Å². The quantitative estimate of drug-likeness (QED) is 0.532. The Labute approximate surface area is 77.5 Å². The van der Waals surface area contributed by atoms with E-state index in [1.807, 2.05) is 6.07 Å². The Morgan fingerprint density at radius 3 is 3.08 bits per heavy atom. The zero-order valence-corrected chi connectivity index (χ0v) is 7.84. The predicted octanol–water partition coefficient (Wildman–Crippen LogP) is 2.91. The molecule has 1 aromatic heterocycles. The number of hydrogen-bond acceptors (Lipinski definition) is 2. The van der Waals surface area contributed by atoms with E-state index in [1.165, 1.54) is 0 Å². The van der Waals surface area contributed by atoms with Crippen LogP contribution in [0.2, 0.25) is 5.15 Å². The molecule has 0 unspecified atom stereocenters. The molecule has 0 aliphatic rings. The van der Waals surface area contributed by atoms with Gasteiger partial charge in [-0.1, -0.05) is 24.9 Å². The molecule has 0 aromatic carbocycles. The molecule has 1 rings (SSSR count). The van der Waals surface area contributed by atoms with Crippen LogP contribution in [0.4, 0.5) is 0 Å². The number of nitrogens with zero attached hydrogens (tertiary/aromatic N) is 1. The van der Waals surface area contributed by atoms with Crippen LogP contribution in [0.5, 0.6) is 5.75 Å². The molecule has 0 bridgehead atoms. The second kappa shape index (κ2) is 4.99. The van der Waals surface area contributed by atoms with Gasteiger partial charge in [0.1, 0.15) is 10.9 Å². The van der Waals surface area contributed by atoms with E-state index in [1.54, 1.807) is 12.3 Å². The first kappa shape index (κ1) is 9.33. The SMILES string of the molecule is CCCCOc1ccnc(Cl)c1. The minimum atomic E-state index is 0.476. The largest absolute Gasteiger partial charge is 0.493 e. The zero-order valence-electron chi connectivity index (χ0n) is 7.09. The summed E-state index contributed by atoms with van der Waals surface area (Å²) in [5.74, 6) is 0.795. The van der Waals surface area contributed by atoms with Crippen molar-refractivity contribution in [2.24, 2.45) is 0 Å². The normalized spacial score (nSPS) is 9.83. The van der Waals surface area contributed by atoms with Gasteiger partial charge in [-0.25, -0.2) is 4.98 Å². The van der Waals surface area contributed by atoms with Crippen molar-refractivity contribution < 1.29 is 4.74 Å². The van der Waals surface area contributed by atoms with Crippen molar-refractivity contribution in [2.45, 2.75) is 19.8 Å². The molecule has 0 N–H and O–H groups in total. The highest BCUT2D eigenvalue weighted by Crippen LogP contribution is 2.14. The number of pyridine rings is 1. The van der Waals surface area contributed by atoms with E-state index in [-0.39, 0.29) is 0 Å². The standard InChI is InChI=1S/C9H12ClNO/c1-2-3-6-12-8-4-5-11-9(10)7-8/h4-5,7H,2-3,6H2,1H3. The lowest BCUT2D eigenvalue weighted by molar-refractivity contribution is 0.309. The topological polar surface area (TPSA) is 22.1 Å². The number of aromatic nitrogens is 1. The molecule has 66 valence electrons. The van der Waals surface area contributed by atoms with Crippen LogP contribution < -0.4 is 4.74 Å². The first-order chi connectivity index (χ1) is 5.83. The molecule has 0 atom stereocenters. The first-order valence-electron chi connectivity index (χ1n) is 4.07. The van der Waals surface area contributed by atoms with Crippen molar-refractivity contribution >= 4 is 11.6 Å². The third-order valence-electron chi connectivity index (χ3n) is 1.46. The molecular formula is C9H12ClNO. The van der Waals surface area contributed by atoms with Gasteiger partial charge in [0.15, 0.2) is 0 Å². The summed E-state index contributed by atoms with van der Waals surface area (Å²) in [4.78, 5) is 3.85. The summed E-state index contributed by atoms with van der Waals surface area (Å²) in [6.07, 6.45) is 3.85. The molecule has 1 heterocycles. The molecular weight excluding hydrogens is 174 g/mol. The number of hydrogen-bond donors (Lipinski definition) is 0. The summed E-state index contributed by atoms with van der Waals surface area (Å²) in [5, 5.41) is 0.476. The Morgan fingerprint density at radius 2 is 2.42 bits per heavy atom. The molecule has 0 aliphatic heterocycles. The van der Waals surface area contributed by atoms with Crippen molar-refractivity contribution in [1.82, 2.24) is 4.98 Å². The predicted molar refractivity (Wildman–Crippen MR) is 49.7 cm³/mol. The van der Waals surface area contributed by atoms with Gasteiger partial charge in [-0.2, -0.15) is 0 Å². The summed E-state index contributed by atoms with van der Waals surface area (Å²) >= 11 is 5.67. The van der Waals surface area contributed by atoms with E-state index >= 15 is 0 Å². The van der Waals surface area contributed by atoms with Gasteiger partial charge in [0.05, 0.1) is 6.61 Å². The number of ether oxygens (including phenoxy) is 1. The van der Waals surface area contributed by atoms with Gasteiger partial charge in [-0.15, -0.1) is 0 Å². The van der Waals surface area contributed by atoms with E-state index in [9.17, 15) is 0 Å². The van der Waals surface area contributed by atoms with E-state index < -0.39 is 0 Å². The molecule has 0 fully saturated rings. The Morgan fingerprint density at radius 1 is 1.58 bits per heavy atom. The van der Waals surface area contributed by atoms with Crippen molar-refractivity contribution in [3.8, 4) is 5.75 Å². The van der Waals surface area contributed by atoms with Crippen LogP contribution in [-0.4, -0.2) is 11.6 Å². The smallest absolute Gasteiger partial charge is 0.132 e. The second-order valence-corrected chi connectivity index (χ2v) is 2.90. The first-order valence-corrected chi connectivity index (χ1v) is 4.45. The summed E-state index contributed by atoms with van der Waals surface area (Å²) < 4.78 is 5.40. The van der Waals surface area contributed by atoms with Gasteiger partial charge in [0.25, 0.3) is 0 Å². The maximum atomic E-state index is 5.67. The maximum absolute atomic E-state index is 5.67. The monoisotopic (exact) mass is 185 g/mol. The van der Waals surface area contributed by atoms with Gasteiger partial charge >= 0.3 is 0 Å². The van der Waals surface area contributed by atoms with Crippen LogP contribution in [0, 0.1) is 0 Å². The second-order valence-electron chi connectivity index (χ2n) is 2.52. The minimum absolute atomic E-state index is 0.476. The molecule has 0 aliphatic carbocycles. The molecule has 2 nitrogen and oxygen atoms in total. The van der Waals surface area contributed by atoms with Crippen LogP contribution in [0.1, 0.15) is 19.8 Å². The third kappa shape index (κ3) is 3.09. The lowest BCUT2D eigenvalue weighted by Crippen LogP contribution is -1.96. The van der Waals surface area contributed by atoms with Gasteiger partial charge < -0.3 is 4.74 Å². The average molecular weight is 186 g/mol. The van der Waals surface area contributed by atoms with Crippen LogP contribution in [0.15, 0.2) is 18.3 Å². The molecule has 0 saturated carbocycles.